The lowest BCUT2D eigenvalue weighted by Crippen LogP contribution is -2.27. The topological polar surface area (TPSA) is 24.9 Å². The van der Waals surface area contributed by atoms with Gasteiger partial charge in [0.1, 0.15) is 0 Å². The highest BCUT2D eigenvalue weighted by atomic mass is 19.3. The van der Waals surface area contributed by atoms with E-state index in [0.29, 0.717) is 0 Å². The minimum Gasteiger partial charge on any atom is -0.314 e. The van der Waals surface area contributed by atoms with Gasteiger partial charge in [-0.15, -0.1) is 0 Å². The molecule has 0 atom stereocenters. The molecule has 0 fully saturated rings. The summed E-state index contributed by atoms with van der Waals surface area (Å²) in [4.78, 5) is 3.67. The molecule has 2 nitrogen and oxygen atoms in total. The minimum atomic E-state index is -2.81. The van der Waals surface area contributed by atoms with Crippen LogP contribution in [0.15, 0.2) is 24.5 Å². The van der Waals surface area contributed by atoms with Gasteiger partial charge < -0.3 is 5.32 Å². The maximum Gasteiger partial charge on any atom is 0.285 e. The fourth-order valence-electron chi connectivity index (χ4n) is 0.920. The SMILES string of the molecule is CNCC(F)(F)c1ccncc1. The van der Waals surface area contributed by atoms with Crippen LogP contribution in [0, 0.1) is 0 Å². The molecule has 0 bridgehead atoms. The first-order chi connectivity index (χ1) is 5.67. The van der Waals surface area contributed by atoms with E-state index in [2.05, 4.69) is 10.3 Å². The minimum absolute atomic E-state index is 0.00755. The molecule has 1 aromatic rings. The van der Waals surface area contributed by atoms with Crippen molar-refractivity contribution in [1.29, 1.82) is 0 Å². The molecule has 0 spiro atoms. The summed E-state index contributed by atoms with van der Waals surface area (Å²) in [5.74, 6) is -2.81. The third-order valence-corrected chi connectivity index (χ3v) is 1.50. The van der Waals surface area contributed by atoms with Gasteiger partial charge in [-0.1, -0.05) is 0 Å². The summed E-state index contributed by atoms with van der Waals surface area (Å²) in [5, 5.41) is 2.44. The molecule has 1 aromatic heterocycles. The van der Waals surface area contributed by atoms with Crippen LogP contribution in [0.2, 0.25) is 0 Å². The van der Waals surface area contributed by atoms with E-state index in [4.69, 9.17) is 0 Å². The van der Waals surface area contributed by atoms with Crippen LogP contribution >= 0.6 is 0 Å². The van der Waals surface area contributed by atoms with Crippen molar-refractivity contribution in [3.63, 3.8) is 0 Å². The number of hydrogen-bond donors (Lipinski definition) is 1. The molecule has 12 heavy (non-hydrogen) atoms. The second-order valence-corrected chi connectivity index (χ2v) is 2.47. The van der Waals surface area contributed by atoms with E-state index >= 15 is 0 Å². The molecule has 0 radical (unpaired) electrons. The van der Waals surface area contributed by atoms with Crippen molar-refractivity contribution in [2.24, 2.45) is 0 Å². The first-order valence-electron chi connectivity index (χ1n) is 3.60. The van der Waals surface area contributed by atoms with Gasteiger partial charge in [-0.05, 0) is 19.2 Å². The molecule has 0 aliphatic heterocycles. The number of nitrogens with one attached hydrogen (secondary N) is 1. The molecule has 66 valence electrons. The van der Waals surface area contributed by atoms with Crippen LogP contribution < -0.4 is 5.32 Å². The Morgan fingerprint density at radius 3 is 2.50 bits per heavy atom. The highest BCUT2D eigenvalue weighted by molar-refractivity contribution is 5.16. The van der Waals surface area contributed by atoms with Crippen molar-refractivity contribution >= 4 is 0 Å². The second-order valence-electron chi connectivity index (χ2n) is 2.47. The zero-order valence-electron chi connectivity index (χ0n) is 6.72. The van der Waals surface area contributed by atoms with Crippen molar-refractivity contribution in [3.05, 3.63) is 30.1 Å². The predicted octanol–water partition coefficient (Wildman–Crippen LogP) is 1.39. The van der Waals surface area contributed by atoms with Crippen molar-refractivity contribution in [3.8, 4) is 0 Å². The number of nitrogens with zero attached hydrogens (tertiary/aromatic N) is 1. The Bertz CT molecular complexity index is 236. The maximum atomic E-state index is 13.1. The Hall–Kier alpha value is -1.03. The Balaban J connectivity index is 2.82. The zero-order chi connectivity index (χ0) is 9.03. The van der Waals surface area contributed by atoms with Crippen LogP contribution in [0.25, 0.3) is 0 Å². The molecule has 0 unspecified atom stereocenters. The number of alkyl halides is 2. The lowest BCUT2D eigenvalue weighted by molar-refractivity contribution is -0.00133. The molecule has 0 aliphatic rings. The molecule has 0 amide bonds. The first-order valence-corrected chi connectivity index (χ1v) is 3.60. The number of aromatic nitrogens is 1. The number of likely N-dealkylation sites (N-methyl/N-ethyl adjacent to an activating group) is 1. The Morgan fingerprint density at radius 1 is 1.42 bits per heavy atom. The summed E-state index contributed by atoms with van der Waals surface area (Å²) in [6.07, 6.45) is 2.72. The summed E-state index contributed by atoms with van der Waals surface area (Å²) in [7, 11) is 1.50. The molecule has 1 N–H and O–H groups in total. The highest BCUT2D eigenvalue weighted by Crippen LogP contribution is 2.25. The lowest BCUT2D eigenvalue weighted by Gasteiger charge is -2.15. The van der Waals surface area contributed by atoms with Gasteiger partial charge in [0, 0.05) is 18.0 Å². The van der Waals surface area contributed by atoms with E-state index in [-0.39, 0.29) is 12.1 Å². The second kappa shape index (κ2) is 3.58. The average Bonchev–Trinajstić information content (AvgIpc) is 2.06. The predicted molar refractivity (Wildman–Crippen MR) is 42.1 cm³/mol. The van der Waals surface area contributed by atoms with Crippen LogP contribution in [-0.4, -0.2) is 18.6 Å². The van der Waals surface area contributed by atoms with E-state index in [0.717, 1.165) is 0 Å². The van der Waals surface area contributed by atoms with Crippen LogP contribution in [-0.2, 0) is 5.92 Å². The number of pyridine rings is 1. The monoisotopic (exact) mass is 172 g/mol. The number of halogens is 2. The van der Waals surface area contributed by atoms with Crippen LogP contribution in [0.5, 0.6) is 0 Å². The first kappa shape index (κ1) is 9.06. The molecular weight excluding hydrogens is 162 g/mol. The van der Waals surface area contributed by atoms with Gasteiger partial charge in [0.25, 0.3) is 5.92 Å². The quantitative estimate of drug-likeness (QED) is 0.745. The molecule has 0 saturated carbocycles. The van der Waals surface area contributed by atoms with Crippen molar-refractivity contribution in [1.82, 2.24) is 10.3 Å². The zero-order valence-corrected chi connectivity index (χ0v) is 6.72. The lowest BCUT2D eigenvalue weighted by atomic mass is 10.1. The molecule has 1 heterocycles. The number of hydrogen-bond acceptors (Lipinski definition) is 2. The fraction of sp³-hybridized carbons (Fsp3) is 0.375. The smallest absolute Gasteiger partial charge is 0.285 e. The largest absolute Gasteiger partial charge is 0.314 e. The van der Waals surface area contributed by atoms with E-state index in [1.165, 1.54) is 31.6 Å². The van der Waals surface area contributed by atoms with Gasteiger partial charge >= 0.3 is 0 Å². The van der Waals surface area contributed by atoms with Gasteiger partial charge in [0.05, 0.1) is 6.54 Å². The van der Waals surface area contributed by atoms with Gasteiger partial charge in [-0.2, -0.15) is 8.78 Å². The Labute approximate surface area is 69.6 Å². The standard InChI is InChI=1S/C8H10F2N2/c1-11-6-8(9,10)7-2-4-12-5-3-7/h2-5,11H,6H2,1H3. The van der Waals surface area contributed by atoms with E-state index in [1.807, 2.05) is 0 Å². The Kier molecular flexibility index (Phi) is 2.70. The van der Waals surface area contributed by atoms with Crippen LogP contribution in [0.3, 0.4) is 0 Å². The molecule has 4 heteroatoms. The fourth-order valence-corrected chi connectivity index (χ4v) is 0.920. The molecule has 0 aromatic carbocycles. The van der Waals surface area contributed by atoms with Crippen molar-refractivity contribution in [2.75, 3.05) is 13.6 Å². The van der Waals surface area contributed by atoms with E-state index in [1.54, 1.807) is 0 Å². The summed E-state index contributed by atoms with van der Waals surface area (Å²) in [5.41, 5.74) is -0.00755. The van der Waals surface area contributed by atoms with E-state index < -0.39 is 5.92 Å². The Morgan fingerprint density at radius 2 is 2.00 bits per heavy atom. The van der Waals surface area contributed by atoms with E-state index in [9.17, 15) is 8.78 Å². The van der Waals surface area contributed by atoms with Crippen LogP contribution in [0.4, 0.5) is 8.78 Å². The molecule has 0 saturated heterocycles. The number of rotatable bonds is 3. The maximum absolute atomic E-state index is 13.1. The summed E-state index contributed by atoms with van der Waals surface area (Å²) in [6.45, 7) is -0.350. The third kappa shape index (κ3) is 1.98. The molecule has 1 rings (SSSR count). The summed E-state index contributed by atoms with van der Waals surface area (Å²) < 4.78 is 26.1. The average molecular weight is 172 g/mol. The molecular formula is C8H10F2N2. The van der Waals surface area contributed by atoms with Gasteiger partial charge in [0.2, 0.25) is 0 Å². The van der Waals surface area contributed by atoms with Crippen LogP contribution in [0.1, 0.15) is 5.56 Å². The third-order valence-electron chi connectivity index (χ3n) is 1.50. The summed E-state index contributed by atoms with van der Waals surface area (Å²) >= 11 is 0. The molecule has 0 aliphatic carbocycles. The summed E-state index contributed by atoms with van der Waals surface area (Å²) in [6, 6.07) is 2.63. The van der Waals surface area contributed by atoms with Crippen molar-refractivity contribution < 1.29 is 8.78 Å². The van der Waals surface area contributed by atoms with Gasteiger partial charge in [0.15, 0.2) is 0 Å². The normalized spacial score (nSPS) is 11.6. The van der Waals surface area contributed by atoms with Crippen molar-refractivity contribution in [2.45, 2.75) is 5.92 Å². The van der Waals surface area contributed by atoms with Gasteiger partial charge in [-0.25, -0.2) is 0 Å². The highest BCUT2D eigenvalue weighted by Gasteiger charge is 2.29. The van der Waals surface area contributed by atoms with Gasteiger partial charge in [-0.3, -0.25) is 4.98 Å².